The Balaban J connectivity index is 0.000000144. The van der Waals surface area contributed by atoms with Crippen LogP contribution in [-0.2, 0) is 25.5 Å². The molecule has 8 rings (SSSR count). The molecule has 0 saturated carbocycles. The number of pyridine rings is 3. The van der Waals surface area contributed by atoms with E-state index < -0.39 is 0 Å². The third kappa shape index (κ3) is 7.26. The maximum atomic E-state index is 4.52. The summed E-state index contributed by atoms with van der Waals surface area (Å²) < 4.78 is 0. The average molecular weight is 771 g/mol. The molecule has 0 radical (unpaired) electrons. The number of benzene rings is 4. The summed E-state index contributed by atoms with van der Waals surface area (Å²) in [4.78, 5) is 13.0. The van der Waals surface area contributed by atoms with Crippen molar-refractivity contribution >= 4 is 0 Å². The summed E-state index contributed by atoms with van der Waals surface area (Å²) in [5, 5.41) is 0. The minimum Gasteiger partial charge on any atom is -0.305 e. The van der Waals surface area contributed by atoms with Gasteiger partial charge in [0, 0.05) is 18.6 Å². The Morgan fingerprint density at radius 1 is 0.457 bits per heavy atom. The Morgan fingerprint density at radius 2 is 0.957 bits per heavy atom. The Morgan fingerprint density at radius 3 is 1.46 bits per heavy atom. The first kappa shape index (κ1) is 32.4. The van der Waals surface area contributed by atoms with Gasteiger partial charge >= 0.3 is 20.1 Å². The maximum Gasteiger partial charge on any atom is 3.00 e. The Labute approximate surface area is 285 Å². The van der Waals surface area contributed by atoms with Gasteiger partial charge in [0.1, 0.15) is 0 Å². The predicted molar refractivity (Wildman–Crippen MR) is 183 cm³/mol. The van der Waals surface area contributed by atoms with Gasteiger partial charge in [0.15, 0.2) is 0 Å². The molecule has 0 fully saturated rings. The fraction of sp³-hybridized carbons (Fsp3) is 0.0714. The van der Waals surface area contributed by atoms with Crippen molar-refractivity contribution in [3.63, 3.8) is 0 Å². The second kappa shape index (κ2) is 15.3. The molecule has 1 aliphatic carbocycles. The van der Waals surface area contributed by atoms with E-state index in [9.17, 15) is 0 Å². The monoisotopic (exact) mass is 771 g/mol. The van der Waals surface area contributed by atoms with E-state index in [0.29, 0.717) is 0 Å². The molecule has 3 nitrogen and oxygen atoms in total. The summed E-state index contributed by atoms with van der Waals surface area (Å²) >= 11 is 0. The van der Waals surface area contributed by atoms with Crippen molar-refractivity contribution in [3.8, 4) is 44.9 Å². The molecule has 224 valence electrons. The first-order valence-electron chi connectivity index (χ1n) is 15.0. The van der Waals surface area contributed by atoms with Crippen LogP contribution in [0.25, 0.3) is 44.9 Å². The van der Waals surface area contributed by atoms with Crippen molar-refractivity contribution in [2.45, 2.75) is 19.3 Å². The van der Waals surface area contributed by atoms with Gasteiger partial charge in [-0.15, -0.1) is 101 Å². The summed E-state index contributed by atoms with van der Waals surface area (Å²) in [6.45, 7) is 4.58. The number of nitrogens with zero attached hydrogens (tertiary/aromatic N) is 3. The van der Waals surface area contributed by atoms with Gasteiger partial charge in [-0.25, -0.2) is 0 Å². The van der Waals surface area contributed by atoms with Crippen LogP contribution < -0.4 is 0 Å². The van der Waals surface area contributed by atoms with Crippen LogP contribution in [-0.4, -0.2) is 15.0 Å². The van der Waals surface area contributed by atoms with E-state index in [0.717, 1.165) is 33.8 Å². The van der Waals surface area contributed by atoms with Crippen molar-refractivity contribution in [3.05, 3.63) is 187 Å². The fourth-order valence-electron chi connectivity index (χ4n) is 5.63. The van der Waals surface area contributed by atoms with Crippen LogP contribution in [0.2, 0.25) is 0 Å². The fourth-order valence-corrected chi connectivity index (χ4v) is 5.63. The van der Waals surface area contributed by atoms with E-state index in [1.54, 1.807) is 12.4 Å². The van der Waals surface area contributed by atoms with Gasteiger partial charge in [0.05, 0.1) is 0 Å². The van der Waals surface area contributed by atoms with Crippen molar-refractivity contribution in [2.75, 3.05) is 0 Å². The summed E-state index contributed by atoms with van der Waals surface area (Å²) in [5.41, 5.74) is 11.5. The van der Waals surface area contributed by atoms with Gasteiger partial charge in [-0.3, -0.25) is 0 Å². The van der Waals surface area contributed by atoms with Crippen LogP contribution in [0.5, 0.6) is 0 Å². The van der Waals surface area contributed by atoms with Gasteiger partial charge in [0.25, 0.3) is 0 Å². The van der Waals surface area contributed by atoms with Crippen molar-refractivity contribution in [1.29, 1.82) is 0 Å². The summed E-state index contributed by atoms with van der Waals surface area (Å²) in [6.07, 6.45) is 5.42. The molecule has 0 spiro atoms. The molecule has 0 aliphatic heterocycles. The molecule has 3 heterocycles. The minimum atomic E-state index is -0.0173. The predicted octanol–water partition coefficient (Wildman–Crippen LogP) is 9.95. The Bertz CT molecular complexity index is 1800. The van der Waals surface area contributed by atoms with Crippen LogP contribution in [0.3, 0.4) is 0 Å². The van der Waals surface area contributed by atoms with Gasteiger partial charge in [-0.2, -0.15) is 0 Å². The van der Waals surface area contributed by atoms with Crippen LogP contribution >= 0.6 is 0 Å². The van der Waals surface area contributed by atoms with Crippen molar-refractivity contribution in [2.24, 2.45) is 0 Å². The molecular weight excluding hydrogens is 739 g/mol. The van der Waals surface area contributed by atoms with Crippen molar-refractivity contribution in [1.82, 2.24) is 15.0 Å². The topological polar surface area (TPSA) is 38.7 Å². The van der Waals surface area contributed by atoms with Crippen LogP contribution in [0.15, 0.2) is 158 Å². The Hall–Kier alpha value is -5.02. The normalized spacial score (nSPS) is 11.7. The zero-order valence-electron chi connectivity index (χ0n) is 25.7. The number of aromatic nitrogens is 3. The molecule has 7 aromatic rings. The van der Waals surface area contributed by atoms with E-state index in [4.69, 9.17) is 0 Å². The van der Waals surface area contributed by atoms with Crippen LogP contribution in [0, 0.1) is 18.2 Å². The number of rotatable bonds is 3. The molecule has 0 amide bonds. The Kier molecular flexibility index (Phi) is 10.8. The van der Waals surface area contributed by atoms with Gasteiger partial charge in [0.2, 0.25) is 0 Å². The first-order valence-corrected chi connectivity index (χ1v) is 15.0. The molecule has 1 aliphatic rings. The molecule has 0 saturated heterocycles. The summed E-state index contributed by atoms with van der Waals surface area (Å²) in [5.74, 6) is 0. The van der Waals surface area contributed by atoms with E-state index in [1.807, 2.05) is 109 Å². The van der Waals surface area contributed by atoms with Gasteiger partial charge in [-0.05, 0) is 51.8 Å². The van der Waals surface area contributed by atoms with Crippen LogP contribution in [0.1, 0.15) is 25.0 Å². The quantitative estimate of drug-likeness (QED) is 0.168. The average Bonchev–Trinajstić information content (AvgIpc) is 3.37. The summed E-state index contributed by atoms with van der Waals surface area (Å²) in [7, 11) is 0. The number of fused-ring (bicyclic) bond motifs is 3. The molecule has 4 heteroatoms. The molecule has 3 aromatic heterocycles. The zero-order chi connectivity index (χ0) is 30.9. The van der Waals surface area contributed by atoms with E-state index in [1.165, 1.54) is 22.3 Å². The smallest absolute Gasteiger partial charge is 0.305 e. The second-order valence-electron chi connectivity index (χ2n) is 11.0. The minimum absolute atomic E-state index is 0. The maximum absolute atomic E-state index is 4.52. The van der Waals surface area contributed by atoms with Gasteiger partial charge < -0.3 is 15.0 Å². The van der Waals surface area contributed by atoms with Crippen molar-refractivity contribution < 1.29 is 20.1 Å². The molecule has 0 N–H and O–H groups in total. The van der Waals surface area contributed by atoms with Crippen LogP contribution in [0.4, 0.5) is 0 Å². The third-order valence-electron chi connectivity index (χ3n) is 7.73. The zero-order valence-corrected chi connectivity index (χ0v) is 28.1. The molecule has 46 heavy (non-hydrogen) atoms. The molecule has 0 bridgehead atoms. The molecule has 4 aromatic carbocycles. The largest absolute Gasteiger partial charge is 3.00 e. The van der Waals surface area contributed by atoms with E-state index >= 15 is 0 Å². The SMILES string of the molecule is CC1(C)c2ccccc2-c2cc[c-]c(-c3ccccn3)c21.[Ir+3].[c-]1ccccc1-c1ccccn1.[c-]1ccccc1-c1ccccn1. The van der Waals surface area contributed by atoms with E-state index in [-0.39, 0.29) is 25.5 Å². The number of hydrogen-bond donors (Lipinski definition) is 0. The first-order chi connectivity index (χ1) is 22.1. The molecular formula is C42H32IrN3. The molecule has 0 atom stereocenters. The summed E-state index contributed by atoms with van der Waals surface area (Å²) in [6, 6.07) is 56.0. The standard InChI is InChI=1S/C20H16N.2C11H8N.Ir/c1-20(2)17-11-4-3-8-14(17)15-9-7-10-16(19(15)20)18-12-5-6-13-21-18;2*1-2-6-10(7-3-1)11-8-4-5-9-12-11;/h3-9,11-13H,1-2H3;2*1-6,8-9H;/q3*-1;+3. The number of hydrogen-bond acceptors (Lipinski definition) is 3. The molecule has 0 unspecified atom stereocenters. The third-order valence-corrected chi connectivity index (χ3v) is 7.73. The van der Waals surface area contributed by atoms with Gasteiger partial charge in [-0.1, -0.05) is 80.1 Å². The second-order valence-corrected chi connectivity index (χ2v) is 11.0. The van der Waals surface area contributed by atoms with E-state index in [2.05, 4.69) is 83.4 Å².